The van der Waals surface area contributed by atoms with E-state index >= 15 is 4.39 Å². The van der Waals surface area contributed by atoms with E-state index in [-0.39, 0.29) is 27.4 Å². The molecule has 164 valence electrons. The molecule has 4 aromatic rings. The first-order chi connectivity index (χ1) is 15.5. The number of anilines is 1. The van der Waals surface area contributed by atoms with Crippen molar-refractivity contribution < 1.29 is 9.13 Å². The number of H-pyrrole nitrogens is 1. The summed E-state index contributed by atoms with van der Waals surface area (Å²) in [6.45, 7) is 4.84. The summed E-state index contributed by atoms with van der Waals surface area (Å²) in [6, 6.07) is 5.45. The maximum atomic E-state index is 16.1. The van der Waals surface area contributed by atoms with Crippen molar-refractivity contribution in [2.45, 2.75) is 6.92 Å². The van der Waals surface area contributed by atoms with E-state index in [2.05, 4.69) is 25.2 Å². The van der Waals surface area contributed by atoms with Crippen LogP contribution in [0.4, 0.5) is 10.2 Å². The molecular formula is C23H21ClFN5O2. The first-order valence-corrected chi connectivity index (χ1v) is 10.7. The predicted octanol–water partition coefficient (Wildman–Crippen LogP) is 3.66. The number of hydrogen-bond donors (Lipinski definition) is 2. The minimum atomic E-state index is -0.608. The van der Waals surface area contributed by atoms with Crippen LogP contribution in [0, 0.1) is 12.7 Å². The molecule has 3 heterocycles. The molecule has 0 unspecified atom stereocenters. The van der Waals surface area contributed by atoms with Crippen molar-refractivity contribution in [1.82, 2.24) is 20.3 Å². The van der Waals surface area contributed by atoms with Gasteiger partial charge in [0.15, 0.2) is 11.6 Å². The van der Waals surface area contributed by atoms with Gasteiger partial charge in [-0.1, -0.05) is 23.7 Å². The van der Waals surface area contributed by atoms with E-state index in [0.29, 0.717) is 46.2 Å². The molecule has 1 aliphatic heterocycles. The normalized spacial score (nSPS) is 14.3. The second-order valence-electron chi connectivity index (χ2n) is 7.72. The standard InChI is InChI=1S/C23H21ClFN5O2/c1-12-3-4-13-5-6-27-23(31)15(13)14(12)16-18(24)21(32-2)17-20(19(16)25)28-11-29-22(17)30-9-7-26-8-10-30/h3-6,11,26H,7-10H2,1-2H3,(H,27,31). The lowest BCUT2D eigenvalue weighted by atomic mass is 9.93. The molecule has 1 fully saturated rings. The third-order valence-corrected chi connectivity index (χ3v) is 6.28. The number of methoxy groups -OCH3 is 1. The topological polar surface area (TPSA) is 83.1 Å². The molecule has 2 aromatic carbocycles. The Morgan fingerprint density at radius 3 is 2.66 bits per heavy atom. The fraction of sp³-hybridized carbons (Fsp3) is 0.261. The van der Waals surface area contributed by atoms with E-state index in [0.717, 1.165) is 13.1 Å². The second kappa shape index (κ2) is 8.03. The van der Waals surface area contributed by atoms with E-state index in [4.69, 9.17) is 16.3 Å². The number of aromatic amines is 1. The van der Waals surface area contributed by atoms with Crippen molar-refractivity contribution in [3.63, 3.8) is 0 Å². The van der Waals surface area contributed by atoms with Gasteiger partial charge in [0.05, 0.1) is 22.9 Å². The van der Waals surface area contributed by atoms with Crippen molar-refractivity contribution in [2.75, 3.05) is 38.2 Å². The smallest absolute Gasteiger partial charge is 0.256 e. The van der Waals surface area contributed by atoms with Crippen LogP contribution in [-0.2, 0) is 0 Å². The van der Waals surface area contributed by atoms with Crippen LogP contribution < -0.4 is 20.5 Å². The number of nitrogens with one attached hydrogen (secondary N) is 2. The summed E-state index contributed by atoms with van der Waals surface area (Å²) in [7, 11) is 1.49. The van der Waals surface area contributed by atoms with E-state index in [9.17, 15) is 4.79 Å². The maximum Gasteiger partial charge on any atom is 0.256 e. The van der Waals surface area contributed by atoms with Gasteiger partial charge in [0.1, 0.15) is 17.7 Å². The molecule has 1 aliphatic rings. The monoisotopic (exact) mass is 453 g/mol. The van der Waals surface area contributed by atoms with Gasteiger partial charge >= 0.3 is 0 Å². The molecule has 5 rings (SSSR count). The SMILES string of the molecule is COc1c(Cl)c(-c2c(C)ccc3cc[nH]c(=O)c23)c(F)c2ncnc(N3CCNCC3)c12. The van der Waals surface area contributed by atoms with Crippen molar-refractivity contribution in [3.05, 3.63) is 57.5 Å². The Morgan fingerprint density at radius 1 is 1.12 bits per heavy atom. The Bertz CT molecular complexity index is 1420. The Labute approximate surface area is 188 Å². The largest absolute Gasteiger partial charge is 0.494 e. The molecule has 0 saturated carbocycles. The third-order valence-electron chi connectivity index (χ3n) is 5.92. The summed E-state index contributed by atoms with van der Waals surface area (Å²) >= 11 is 6.80. The number of pyridine rings is 1. The van der Waals surface area contributed by atoms with Gasteiger partial charge in [-0.3, -0.25) is 4.79 Å². The number of aryl methyl sites for hydroxylation is 1. The van der Waals surface area contributed by atoms with Crippen LogP contribution in [0.15, 0.2) is 35.5 Å². The predicted molar refractivity (Wildman–Crippen MR) is 124 cm³/mol. The molecule has 0 spiro atoms. The lowest BCUT2D eigenvalue weighted by molar-refractivity contribution is 0.419. The number of aromatic nitrogens is 3. The lowest BCUT2D eigenvalue weighted by Gasteiger charge is -2.29. The first kappa shape index (κ1) is 20.7. The Morgan fingerprint density at radius 2 is 1.91 bits per heavy atom. The van der Waals surface area contributed by atoms with Gasteiger partial charge < -0.3 is 19.9 Å². The molecule has 0 atom stereocenters. The summed E-state index contributed by atoms with van der Waals surface area (Å²) in [5, 5.41) is 4.86. The van der Waals surface area contributed by atoms with E-state index in [1.165, 1.54) is 13.4 Å². The molecular weight excluding hydrogens is 433 g/mol. The van der Waals surface area contributed by atoms with Crippen molar-refractivity contribution >= 4 is 39.1 Å². The summed E-state index contributed by atoms with van der Waals surface area (Å²) in [6.07, 6.45) is 2.92. The fourth-order valence-electron chi connectivity index (χ4n) is 4.43. The molecule has 0 amide bonds. The van der Waals surface area contributed by atoms with Crippen LogP contribution in [0.3, 0.4) is 0 Å². The molecule has 9 heteroatoms. The number of ether oxygens (including phenoxy) is 1. The van der Waals surface area contributed by atoms with Crippen LogP contribution in [0.25, 0.3) is 32.8 Å². The third kappa shape index (κ3) is 3.10. The van der Waals surface area contributed by atoms with Crippen molar-refractivity contribution in [1.29, 1.82) is 0 Å². The minimum Gasteiger partial charge on any atom is -0.494 e. The quantitative estimate of drug-likeness (QED) is 0.492. The molecule has 2 aromatic heterocycles. The Hall–Kier alpha value is -3.23. The van der Waals surface area contributed by atoms with Crippen molar-refractivity contribution in [2.24, 2.45) is 0 Å². The molecule has 0 bridgehead atoms. The van der Waals surface area contributed by atoms with Gasteiger partial charge in [0.25, 0.3) is 5.56 Å². The second-order valence-corrected chi connectivity index (χ2v) is 8.10. The summed E-state index contributed by atoms with van der Waals surface area (Å²) < 4.78 is 21.8. The van der Waals surface area contributed by atoms with Gasteiger partial charge in [-0.05, 0) is 23.9 Å². The highest BCUT2D eigenvalue weighted by Crippen LogP contribution is 2.47. The van der Waals surface area contributed by atoms with Gasteiger partial charge in [-0.15, -0.1) is 0 Å². The van der Waals surface area contributed by atoms with E-state index in [1.807, 2.05) is 19.1 Å². The van der Waals surface area contributed by atoms with Gasteiger partial charge in [0, 0.05) is 43.5 Å². The van der Waals surface area contributed by atoms with Gasteiger partial charge in [-0.2, -0.15) is 0 Å². The number of benzene rings is 2. The number of nitrogens with zero attached hydrogens (tertiary/aromatic N) is 3. The van der Waals surface area contributed by atoms with Crippen LogP contribution in [-0.4, -0.2) is 48.2 Å². The zero-order valence-corrected chi connectivity index (χ0v) is 18.4. The average Bonchev–Trinajstić information content (AvgIpc) is 2.81. The first-order valence-electron chi connectivity index (χ1n) is 10.3. The van der Waals surface area contributed by atoms with Gasteiger partial charge in [0.2, 0.25) is 0 Å². The summed E-state index contributed by atoms with van der Waals surface area (Å²) in [5.41, 5.74) is 1.02. The van der Waals surface area contributed by atoms with E-state index < -0.39 is 5.82 Å². The fourth-order valence-corrected chi connectivity index (χ4v) is 4.77. The zero-order chi connectivity index (χ0) is 22.4. The van der Waals surface area contributed by atoms with Gasteiger partial charge in [-0.25, -0.2) is 14.4 Å². The highest BCUT2D eigenvalue weighted by Gasteiger charge is 2.28. The molecule has 0 aliphatic carbocycles. The van der Waals surface area contributed by atoms with Crippen LogP contribution >= 0.6 is 11.6 Å². The Balaban J connectivity index is 1.89. The number of fused-ring (bicyclic) bond motifs is 2. The lowest BCUT2D eigenvalue weighted by Crippen LogP contribution is -2.44. The maximum absolute atomic E-state index is 16.1. The highest BCUT2D eigenvalue weighted by atomic mass is 35.5. The molecule has 0 radical (unpaired) electrons. The summed E-state index contributed by atoms with van der Waals surface area (Å²) in [5.74, 6) is 0.257. The minimum absolute atomic E-state index is 0.0857. The Kier molecular flexibility index (Phi) is 5.19. The number of hydrogen-bond acceptors (Lipinski definition) is 6. The molecule has 32 heavy (non-hydrogen) atoms. The van der Waals surface area contributed by atoms with Crippen molar-refractivity contribution in [3.8, 4) is 16.9 Å². The van der Waals surface area contributed by atoms with E-state index in [1.54, 1.807) is 12.3 Å². The number of halogens is 2. The number of rotatable bonds is 3. The molecule has 2 N–H and O–H groups in total. The molecule has 1 saturated heterocycles. The van der Waals surface area contributed by atoms with Crippen LogP contribution in [0.1, 0.15) is 5.56 Å². The highest BCUT2D eigenvalue weighted by molar-refractivity contribution is 6.37. The van der Waals surface area contributed by atoms with Crippen LogP contribution in [0.5, 0.6) is 5.75 Å². The number of piperazine rings is 1. The molecule has 7 nitrogen and oxygen atoms in total. The van der Waals surface area contributed by atoms with Crippen LogP contribution in [0.2, 0.25) is 5.02 Å². The average molecular weight is 454 g/mol. The summed E-state index contributed by atoms with van der Waals surface area (Å²) in [4.78, 5) is 26.2. The zero-order valence-electron chi connectivity index (χ0n) is 17.6.